The lowest BCUT2D eigenvalue weighted by atomic mass is 9.98. The fourth-order valence-electron chi connectivity index (χ4n) is 4.23. The van der Waals surface area contributed by atoms with Crippen LogP contribution in [0.1, 0.15) is 22.9 Å². The molecule has 4 aromatic rings. The number of Topliss-reactive ketones (excluding diaryl/α,β-unsaturated/α-hetero) is 1. The maximum atomic E-state index is 13.4. The third kappa shape index (κ3) is 3.86. The highest BCUT2D eigenvalue weighted by Crippen LogP contribution is 2.45. The molecule has 1 aliphatic heterocycles. The molecule has 3 heterocycles. The predicted molar refractivity (Wildman–Crippen MR) is 138 cm³/mol. The number of ether oxygens (including phenoxy) is 2. The van der Waals surface area contributed by atoms with Crippen LogP contribution in [0.4, 0.5) is 5.13 Å². The molecule has 1 atom stereocenters. The number of benzene rings is 2. The van der Waals surface area contributed by atoms with Crippen molar-refractivity contribution in [1.82, 2.24) is 9.97 Å². The molecule has 2 aromatic heterocycles. The number of fused-ring (bicyclic) bond motifs is 1. The summed E-state index contributed by atoms with van der Waals surface area (Å²) in [5, 5.41) is 12.0. The van der Waals surface area contributed by atoms with Gasteiger partial charge in [-0.2, -0.15) is 0 Å². The summed E-state index contributed by atoms with van der Waals surface area (Å²) in [5.74, 6) is -1.11. The smallest absolute Gasteiger partial charge is 0.301 e. The monoisotopic (exact) mass is 521 g/mol. The van der Waals surface area contributed by atoms with Gasteiger partial charge in [-0.3, -0.25) is 19.5 Å². The van der Waals surface area contributed by atoms with E-state index < -0.39 is 23.5 Å². The molecule has 5 rings (SSSR count). The Morgan fingerprint density at radius 2 is 1.86 bits per heavy atom. The number of thiazole rings is 1. The number of aromatic nitrogens is 2. The number of rotatable bonds is 5. The third-order valence-electron chi connectivity index (χ3n) is 5.93. The van der Waals surface area contributed by atoms with Gasteiger partial charge in [0.1, 0.15) is 23.3 Å². The predicted octanol–water partition coefficient (Wildman–Crippen LogP) is 5.30. The van der Waals surface area contributed by atoms with E-state index in [1.165, 1.54) is 29.4 Å². The summed E-state index contributed by atoms with van der Waals surface area (Å²) in [6, 6.07) is 12.5. The Morgan fingerprint density at radius 1 is 1.08 bits per heavy atom. The molecule has 36 heavy (non-hydrogen) atoms. The normalized spacial score (nSPS) is 17.1. The van der Waals surface area contributed by atoms with E-state index in [4.69, 9.17) is 21.1 Å². The molecule has 0 radical (unpaired) electrons. The number of aryl methyl sites for hydroxylation is 1. The van der Waals surface area contributed by atoms with Crippen LogP contribution in [-0.4, -0.2) is 41.0 Å². The summed E-state index contributed by atoms with van der Waals surface area (Å²) in [6.07, 6.45) is 1.56. The van der Waals surface area contributed by atoms with Crippen molar-refractivity contribution in [3.05, 3.63) is 82.1 Å². The topological polar surface area (TPSA) is 102 Å². The van der Waals surface area contributed by atoms with Crippen molar-refractivity contribution < 1.29 is 24.2 Å². The number of carbonyl (C=O) groups is 2. The van der Waals surface area contributed by atoms with E-state index in [9.17, 15) is 14.7 Å². The molecule has 1 aliphatic rings. The number of pyridine rings is 1. The fourth-order valence-corrected chi connectivity index (χ4v) is 5.40. The lowest BCUT2D eigenvalue weighted by molar-refractivity contribution is -0.132. The molecule has 1 N–H and O–H groups in total. The molecule has 2 aromatic carbocycles. The first-order valence-corrected chi connectivity index (χ1v) is 12.0. The van der Waals surface area contributed by atoms with Gasteiger partial charge in [-0.15, -0.1) is 0 Å². The molecule has 1 fully saturated rings. The summed E-state index contributed by atoms with van der Waals surface area (Å²) in [6.45, 7) is 1.90. The molecule has 8 nitrogen and oxygen atoms in total. The minimum Gasteiger partial charge on any atom is -0.507 e. The molecule has 1 amide bonds. The summed E-state index contributed by atoms with van der Waals surface area (Å²) in [7, 11) is 3.02. The number of aliphatic hydroxyl groups is 1. The number of aliphatic hydroxyl groups excluding tert-OH is 1. The van der Waals surface area contributed by atoms with Crippen LogP contribution in [0.25, 0.3) is 16.0 Å². The van der Waals surface area contributed by atoms with E-state index >= 15 is 0 Å². The third-order valence-corrected chi connectivity index (χ3v) is 7.18. The van der Waals surface area contributed by atoms with Crippen LogP contribution in [0.5, 0.6) is 11.5 Å². The van der Waals surface area contributed by atoms with Gasteiger partial charge in [0.05, 0.1) is 41.3 Å². The second kappa shape index (κ2) is 9.25. The number of amides is 1. The van der Waals surface area contributed by atoms with Crippen LogP contribution < -0.4 is 14.4 Å². The number of hydrogen-bond donors (Lipinski definition) is 1. The lowest BCUT2D eigenvalue weighted by Crippen LogP contribution is -2.29. The quantitative estimate of drug-likeness (QED) is 0.216. The second-order valence-electron chi connectivity index (χ2n) is 8.05. The minimum absolute atomic E-state index is 0.132. The summed E-state index contributed by atoms with van der Waals surface area (Å²) >= 11 is 7.41. The largest absolute Gasteiger partial charge is 0.507 e. The number of nitrogens with zero attached hydrogens (tertiary/aromatic N) is 3. The summed E-state index contributed by atoms with van der Waals surface area (Å²) < 4.78 is 11.6. The second-order valence-corrected chi connectivity index (χ2v) is 9.50. The van der Waals surface area contributed by atoms with Crippen molar-refractivity contribution in [2.75, 3.05) is 19.1 Å². The van der Waals surface area contributed by atoms with Crippen molar-refractivity contribution >= 4 is 55.7 Å². The van der Waals surface area contributed by atoms with Gasteiger partial charge >= 0.3 is 5.91 Å². The molecular formula is C26H20ClN3O5S. The van der Waals surface area contributed by atoms with E-state index in [1.54, 1.807) is 43.6 Å². The maximum Gasteiger partial charge on any atom is 0.301 e. The van der Waals surface area contributed by atoms with Crippen LogP contribution >= 0.6 is 22.9 Å². The van der Waals surface area contributed by atoms with Gasteiger partial charge in [0.2, 0.25) is 0 Å². The highest BCUT2D eigenvalue weighted by atomic mass is 35.5. The Kier molecular flexibility index (Phi) is 6.11. The van der Waals surface area contributed by atoms with Gasteiger partial charge in [0.15, 0.2) is 5.13 Å². The number of ketones is 1. The van der Waals surface area contributed by atoms with E-state index in [0.717, 1.165) is 10.3 Å². The van der Waals surface area contributed by atoms with E-state index in [0.29, 0.717) is 32.9 Å². The Bertz CT molecular complexity index is 1550. The van der Waals surface area contributed by atoms with Gasteiger partial charge in [-0.1, -0.05) is 29.0 Å². The fraction of sp³-hybridized carbons (Fsp3) is 0.154. The molecule has 0 aliphatic carbocycles. The van der Waals surface area contributed by atoms with Crippen molar-refractivity contribution in [2.24, 2.45) is 0 Å². The number of methoxy groups -OCH3 is 2. The molecule has 0 bridgehead atoms. The Labute approximate surface area is 215 Å². The van der Waals surface area contributed by atoms with Crippen LogP contribution in [0.3, 0.4) is 0 Å². The van der Waals surface area contributed by atoms with Crippen molar-refractivity contribution in [3.8, 4) is 11.5 Å². The Morgan fingerprint density at radius 3 is 2.56 bits per heavy atom. The highest BCUT2D eigenvalue weighted by molar-refractivity contribution is 7.22. The van der Waals surface area contributed by atoms with Gasteiger partial charge in [-0.05, 0) is 55.0 Å². The van der Waals surface area contributed by atoms with Gasteiger partial charge in [0, 0.05) is 11.2 Å². The molecule has 0 saturated carbocycles. The van der Waals surface area contributed by atoms with Crippen LogP contribution in [-0.2, 0) is 9.59 Å². The average molecular weight is 522 g/mol. The number of hydrogen-bond acceptors (Lipinski definition) is 8. The van der Waals surface area contributed by atoms with Crippen LogP contribution in [0.2, 0.25) is 5.02 Å². The van der Waals surface area contributed by atoms with Crippen molar-refractivity contribution in [3.63, 3.8) is 0 Å². The molecule has 1 unspecified atom stereocenters. The van der Waals surface area contributed by atoms with Gasteiger partial charge < -0.3 is 14.6 Å². The Hall–Kier alpha value is -3.95. The first-order valence-electron chi connectivity index (χ1n) is 10.8. The molecule has 182 valence electrons. The molecular weight excluding hydrogens is 502 g/mol. The SMILES string of the molecule is COc1cc2sc(N3C(=O)C(=O)/C(=C(/O)c4cc(Cl)ccc4OC)C3c3ccccn3)nc2cc1C. The number of halogens is 1. The van der Waals surface area contributed by atoms with Gasteiger partial charge in [-0.25, -0.2) is 4.98 Å². The minimum atomic E-state index is -1.02. The van der Waals surface area contributed by atoms with Crippen LogP contribution in [0.15, 0.2) is 60.3 Å². The zero-order chi connectivity index (χ0) is 25.6. The summed E-state index contributed by atoms with van der Waals surface area (Å²) in [4.78, 5) is 37.1. The zero-order valence-corrected chi connectivity index (χ0v) is 21.1. The average Bonchev–Trinajstić information content (AvgIpc) is 3.40. The first-order chi connectivity index (χ1) is 17.3. The number of carbonyl (C=O) groups excluding carboxylic acids is 2. The standard InChI is InChI=1S/C26H20ClN3O5S/c1-13-10-17-20(12-19(13)35-3)36-26(29-17)30-22(16-6-4-5-9-28-16)21(24(32)25(30)33)23(31)15-11-14(27)7-8-18(15)34-2/h4-12,22,31H,1-3H3/b23-21+. The van der Waals surface area contributed by atoms with E-state index in [-0.39, 0.29) is 11.1 Å². The Balaban J connectivity index is 1.74. The molecule has 0 spiro atoms. The van der Waals surface area contributed by atoms with E-state index in [1.807, 2.05) is 19.1 Å². The summed E-state index contributed by atoms with van der Waals surface area (Å²) in [5.41, 5.74) is 2.00. The highest BCUT2D eigenvalue weighted by Gasteiger charge is 2.49. The first kappa shape index (κ1) is 23.8. The van der Waals surface area contributed by atoms with Gasteiger partial charge in [0.25, 0.3) is 5.78 Å². The molecule has 1 saturated heterocycles. The lowest BCUT2D eigenvalue weighted by Gasteiger charge is -2.22. The molecule has 10 heteroatoms. The maximum absolute atomic E-state index is 13.4. The van der Waals surface area contributed by atoms with Crippen molar-refractivity contribution in [2.45, 2.75) is 13.0 Å². The van der Waals surface area contributed by atoms with Crippen LogP contribution in [0, 0.1) is 6.92 Å². The van der Waals surface area contributed by atoms with Crippen molar-refractivity contribution in [1.29, 1.82) is 0 Å². The van der Waals surface area contributed by atoms with E-state index in [2.05, 4.69) is 9.97 Å². The number of anilines is 1. The zero-order valence-electron chi connectivity index (χ0n) is 19.5.